The van der Waals surface area contributed by atoms with E-state index in [-0.39, 0.29) is 0 Å². The maximum Gasteiger partial charge on any atom is 0.214 e. The minimum absolute atomic E-state index is 0.413. The number of aromatic nitrogens is 3. The van der Waals surface area contributed by atoms with Crippen LogP contribution >= 0.6 is 11.3 Å². The number of nitriles is 1. The SMILES string of the molecule is COCc1nn2c(C#N)c(-c3ccc(OC)cc3)nc2s1. The molecule has 0 amide bonds. The average molecular weight is 300 g/mol. The first kappa shape index (κ1) is 13.5. The third kappa shape index (κ3) is 2.35. The summed E-state index contributed by atoms with van der Waals surface area (Å²) in [5, 5.41) is 14.5. The molecular weight excluding hydrogens is 288 g/mol. The van der Waals surface area contributed by atoms with Crippen molar-refractivity contribution < 1.29 is 9.47 Å². The first-order valence-corrected chi connectivity index (χ1v) is 7.00. The molecule has 0 N–H and O–H groups in total. The predicted octanol–water partition coefficient (Wildman–Crippen LogP) is 2.48. The highest BCUT2D eigenvalue weighted by atomic mass is 32.1. The second-order valence-electron chi connectivity index (χ2n) is 4.27. The third-order valence-corrected chi connectivity index (χ3v) is 3.86. The Hall–Kier alpha value is -2.43. The van der Waals surface area contributed by atoms with E-state index in [1.54, 1.807) is 18.7 Å². The molecule has 2 heterocycles. The maximum absolute atomic E-state index is 9.40. The summed E-state index contributed by atoms with van der Waals surface area (Å²) < 4.78 is 11.8. The molecule has 0 aliphatic carbocycles. The number of nitrogens with zero attached hydrogens (tertiary/aromatic N) is 4. The second-order valence-corrected chi connectivity index (χ2v) is 5.31. The summed E-state index contributed by atoms with van der Waals surface area (Å²) >= 11 is 1.41. The molecule has 1 aromatic carbocycles. The number of imidazole rings is 1. The van der Waals surface area contributed by atoms with Crippen LogP contribution in [0.4, 0.5) is 0 Å². The lowest BCUT2D eigenvalue weighted by molar-refractivity contribution is 0.183. The standard InChI is InChI=1S/C14H12N4O2S/c1-19-8-12-17-18-11(7-15)13(16-14(18)21-12)9-3-5-10(20-2)6-4-9/h3-6H,8H2,1-2H3. The van der Waals surface area contributed by atoms with Gasteiger partial charge in [-0.2, -0.15) is 14.9 Å². The van der Waals surface area contributed by atoms with E-state index in [9.17, 15) is 5.26 Å². The van der Waals surface area contributed by atoms with Crippen LogP contribution in [0.5, 0.6) is 5.75 Å². The largest absolute Gasteiger partial charge is 0.497 e. The molecule has 21 heavy (non-hydrogen) atoms. The number of fused-ring (bicyclic) bond motifs is 1. The van der Waals surface area contributed by atoms with E-state index in [0.717, 1.165) is 16.3 Å². The van der Waals surface area contributed by atoms with E-state index >= 15 is 0 Å². The van der Waals surface area contributed by atoms with Gasteiger partial charge in [-0.15, -0.1) is 0 Å². The van der Waals surface area contributed by atoms with Crippen molar-refractivity contribution in [3.63, 3.8) is 0 Å². The van der Waals surface area contributed by atoms with Crippen molar-refractivity contribution in [2.75, 3.05) is 14.2 Å². The van der Waals surface area contributed by atoms with Crippen molar-refractivity contribution in [2.24, 2.45) is 0 Å². The predicted molar refractivity (Wildman–Crippen MR) is 78.3 cm³/mol. The zero-order valence-electron chi connectivity index (χ0n) is 11.5. The van der Waals surface area contributed by atoms with Crippen molar-refractivity contribution >= 4 is 16.3 Å². The molecule has 106 valence electrons. The highest BCUT2D eigenvalue weighted by molar-refractivity contribution is 7.16. The summed E-state index contributed by atoms with van der Waals surface area (Å²) in [6, 6.07) is 9.61. The molecule has 2 aromatic heterocycles. The van der Waals surface area contributed by atoms with Crippen molar-refractivity contribution in [2.45, 2.75) is 6.61 Å². The fourth-order valence-corrected chi connectivity index (χ4v) is 2.89. The molecule has 6 nitrogen and oxygen atoms in total. The van der Waals surface area contributed by atoms with Crippen LogP contribution in [0, 0.1) is 11.3 Å². The van der Waals surface area contributed by atoms with Gasteiger partial charge in [-0.05, 0) is 24.3 Å². The van der Waals surface area contributed by atoms with Gasteiger partial charge in [-0.1, -0.05) is 11.3 Å². The van der Waals surface area contributed by atoms with Gasteiger partial charge in [0.25, 0.3) is 0 Å². The first-order valence-electron chi connectivity index (χ1n) is 6.18. The van der Waals surface area contributed by atoms with Crippen LogP contribution in [0.15, 0.2) is 24.3 Å². The van der Waals surface area contributed by atoms with Crippen molar-refractivity contribution in [1.29, 1.82) is 5.26 Å². The molecular formula is C14H12N4O2S. The van der Waals surface area contributed by atoms with E-state index in [2.05, 4.69) is 16.2 Å². The van der Waals surface area contributed by atoms with Gasteiger partial charge in [0.15, 0.2) is 5.69 Å². The molecule has 0 saturated carbocycles. The number of methoxy groups -OCH3 is 2. The second kappa shape index (κ2) is 5.52. The highest BCUT2D eigenvalue weighted by Gasteiger charge is 2.17. The number of ether oxygens (including phenoxy) is 2. The zero-order valence-corrected chi connectivity index (χ0v) is 12.3. The Morgan fingerprint density at radius 2 is 2.05 bits per heavy atom. The molecule has 3 rings (SSSR count). The van der Waals surface area contributed by atoms with Crippen LogP contribution in [0.1, 0.15) is 10.7 Å². The quantitative estimate of drug-likeness (QED) is 0.740. The van der Waals surface area contributed by atoms with Gasteiger partial charge in [-0.3, -0.25) is 0 Å². The summed E-state index contributed by atoms with van der Waals surface area (Å²) in [5.74, 6) is 0.763. The Morgan fingerprint density at radius 3 is 2.67 bits per heavy atom. The Morgan fingerprint density at radius 1 is 1.29 bits per heavy atom. The van der Waals surface area contributed by atoms with Gasteiger partial charge in [0, 0.05) is 12.7 Å². The highest BCUT2D eigenvalue weighted by Crippen LogP contribution is 2.28. The molecule has 0 aliphatic rings. The number of benzene rings is 1. The van der Waals surface area contributed by atoms with E-state index in [4.69, 9.17) is 9.47 Å². The summed E-state index contributed by atoms with van der Waals surface area (Å²) in [6.45, 7) is 0.413. The Balaban J connectivity index is 2.09. The third-order valence-electron chi connectivity index (χ3n) is 2.98. The summed E-state index contributed by atoms with van der Waals surface area (Å²) in [5.41, 5.74) is 1.91. The average Bonchev–Trinajstić information content (AvgIpc) is 3.04. The van der Waals surface area contributed by atoms with Crippen molar-refractivity contribution in [3.8, 4) is 23.1 Å². The van der Waals surface area contributed by atoms with Crippen molar-refractivity contribution in [1.82, 2.24) is 14.6 Å². The van der Waals surface area contributed by atoms with E-state index in [0.29, 0.717) is 23.0 Å². The van der Waals surface area contributed by atoms with Gasteiger partial charge in [0.1, 0.15) is 22.5 Å². The van der Waals surface area contributed by atoms with Crippen LogP contribution in [-0.2, 0) is 11.3 Å². The number of hydrogen-bond donors (Lipinski definition) is 0. The number of rotatable bonds is 4. The molecule has 0 atom stereocenters. The van der Waals surface area contributed by atoms with Crippen LogP contribution in [0.25, 0.3) is 16.2 Å². The van der Waals surface area contributed by atoms with Crippen LogP contribution in [0.2, 0.25) is 0 Å². The fourth-order valence-electron chi connectivity index (χ4n) is 2.02. The molecule has 0 bridgehead atoms. The zero-order chi connectivity index (χ0) is 14.8. The normalized spacial score (nSPS) is 10.7. The van der Waals surface area contributed by atoms with Crippen LogP contribution in [-0.4, -0.2) is 28.8 Å². The lowest BCUT2D eigenvalue weighted by atomic mass is 10.1. The topological polar surface area (TPSA) is 72.4 Å². The van der Waals surface area contributed by atoms with Gasteiger partial charge in [0.05, 0.1) is 13.7 Å². The van der Waals surface area contributed by atoms with Crippen LogP contribution < -0.4 is 4.74 Å². The molecule has 3 aromatic rings. The van der Waals surface area contributed by atoms with Gasteiger partial charge >= 0.3 is 0 Å². The fraction of sp³-hybridized carbons (Fsp3) is 0.214. The molecule has 0 spiro atoms. The Labute approximate surface area is 125 Å². The molecule has 0 unspecified atom stereocenters. The van der Waals surface area contributed by atoms with Crippen molar-refractivity contribution in [3.05, 3.63) is 35.0 Å². The van der Waals surface area contributed by atoms with Gasteiger partial charge in [-0.25, -0.2) is 4.98 Å². The van der Waals surface area contributed by atoms with Crippen LogP contribution in [0.3, 0.4) is 0 Å². The first-order chi connectivity index (χ1) is 10.3. The van der Waals surface area contributed by atoms with Gasteiger partial charge in [0.2, 0.25) is 4.96 Å². The molecule has 0 aliphatic heterocycles. The summed E-state index contributed by atoms with van der Waals surface area (Å²) in [6.07, 6.45) is 0. The van der Waals surface area contributed by atoms with E-state index in [1.807, 2.05) is 24.3 Å². The molecule has 0 saturated heterocycles. The molecule has 7 heteroatoms. The number of hydrogen-bond acceptors (Lipinski definition) is 6. The Bertz CT molecular complexity index is 814. The lowest BCUT2D eigenvalue weighted by Crippen LogP contribution is -1.93. The summed E-state index contributed by atoms with van der Waals surface area (Å²) in [7, 11) is 3.22. The summed E-state index contributed by atoms with van der Waals surface area (Å²) in [4.78, 5) is 5.20. The van der Waals surface area contributed by atoms with E-state index < -0.39 is 0 Å². The maximum atomic E-state index is 9.40. The van der Waals surface area contributed by atoms with Gasteiger partial charge < -0.3 is 9.47 Å². The molecule has 0 fully saturated rings. The lowest BCUT2D eigenvalue weighted by Gasteiger charge is -2.01. The minimum Gasteiger partial charge on any atom is -0.497 e. The Kier molecular flexibility index (Phi) is 3.56. The van der Waals surface area contributed by atoms with E-state index in [1.165, 1.54) is 11.3 Å². The minimum atomic E-state index is 0.413. The smallest absolute Gasteiger partial charge is 0.214 e. The monoisotopic (exact) mass is 300 g/mol. The molecule has 0 radical (unpaired) electrons.